The van der Waals surface area contributed by atoms with Crippen LogP contribution in [0.25, 0.3) is 0 Å². The van der Waals surface area contributed by atoms with Gasteiger partial charge >= 0.3 is 5.97 Å². The largest absolute Gasteiger partial charge is 0.481 e. The van der Waals surface area contributed by atoms with E-state index in [1.54, 1.807) is 30.1 Å². The summed E-state index contributed by atoms with van der Waals surface area (Å²) < 4.78 is 1.59. The summed E-state index contributed by atoms with van der Waals surface area (Å²) in [6.45, 7) is 2.11. The van der Waals surface area contributed by atoms with Crippen molar-refractivity contribution in [3.8, 4) is 0 Å². The molecule has 1 aromatic heterocycles. The Labute approximate surface area is 128 Å². The minimum absolute atomic E-state index is 0.0258. The molecule has 0 saturated carbocycles. The highest BCUT2D eigenvalue weighted by molar-refractivity contribution is 5.83. The highest BCUT2D eigenvalue weighted by atomic mass is 16.4. The summed E-state index contributed by atoms with van der Waals surface area (Å²) in [5.41, 5.74) is 0.828. The smallest absolute Gasteiger partial charge is 0.303 e. The third-order valence-corrected chi connectivity index (χ3v) is 3.30. The number of carbonyl (C=O) groups excluding carboxylic acids is 1. The molecule has 2 unspecified atom stereocenters. The standard InChI is InChI=1S/C16H19N3O3/c1-12(10-14(20)21)11-17-16(22)15(19-9-5-8-18-19)13-6-3-2-4-7-13/h2-9,12,15H,10-11H2,1H3,(H,17,22)(H,20,21). The van der Waals surface area contributed by atoms with Crippen LogP contribution in [0, 0.1) is 5.92 Å². The van der Waals surface area contributed by atoms with Crippen LogP contribution in [0.4, 0.5) is 0 Å². The van der Waals surface area contributed by atoms with Crippen molar-refractivity contribution >= 4 is 11.9 Å². The molecular weight excluding hydrogens is 282 g/mol. The Kier molecular flexibility index (Phi) is 5.30. The van der Waals surface area contributed by atoms with Crippen molar-refractivity contribution in [3.63, 3.8) is 0 Å². The SMILES string of the molecule is CC(CNC(=O)C(c1ccccc1)n1cccn1)CC(=O)O. The van der Waals surface area contributed by atoms with Gasteiger partial charge in [0, 0.05) is 25.4 Å². The van der Waals surface area contributed by atoms with Gasteiger partial charge in [-0.2, -0.15) is 5.10 Å². The molecule has 0 spiro atoms. The lowest BCUT2D eigenvalue weighted by Crippen LogP contribution is -2.36. The Balaban J connectivity index is 2.09. The van der Waals surface area contributed by atoms with Crippen molar-refractivity contribution in [2.75, 3.05) is 6.54 Å². The second kappa shape index (κ2) is 7.40. The van der Waals surface area contributed by atoms with Gasteiger partial charge in [0.1, 0.15) is 0 Å². The summed E-state index contributed by atoms with van der Waals surface area (Å²) in [5.74, 6) is -1.20. The van der Waals surface area contributed by atoms with E-state index < -0.39 is 12.0 Å². The van der Waals surface area contributed by atoms with Crippen LogP contribution in [0.1, 0.15) is 24.9 Å². The molecule has 2 rings (SSSR count). The number of amides is 1. The predicted octanol–water partition coefficient (Wildman–Crippen LogP) is 1.70. The number of hydrogen-bond donors (Lipinski definition) is 2. The Morgan fingerprint density at radius 2 is 2.00 bits per heavy atom. The number of benzene rings is 1. The number of nitrogens with zero attached hydrogens (tertiary/aromatic N) is 2. The number of rotatable bonds is 7. The van der Waals surface area contributed by atoms with Crippen LogP contribution in [-0.2, 0) is 9.59 Å². The first-order valence-electron chi connectivity index (χ1n) is 7.11. The van der Waals surface area contributed by atoms with Crippen molar-refractivity contribution < 1.29 is 14.7 Å². The third kappa shape index (κ3) is 4.18. The van der Waals surface area contributed by atoms with Crippen molar-refractivity contribution in [3.05, 3.63) is 54.4 Å². The van der Waals surface area contributed by atoms with Gasteiger partial charge in [-0.25, -0.2) is 0 Å². The van der Waals surface area contributed by atoms with Crippen molar-refractivity contribution in [1.82, 2.24) is 15.1 Å². The molecule has 0 saturated heterocycles. The van der Waals surface area contributed by atoms with Gasteiger partial charge in [0.05, 0.1) is 0 Å². The molecule has 6 nitrogen and oxygen atoms in total. The number of nitrogens with one attached hydrogen (secondary N) is 1. The zero-order valence-corrected chi connectivity index (χ0v) is 12.3. The fourth-order valence-electron chi connectivity index (χ4n) is 2.23. The average molecular weight is 301 g/mol. The first kappa shape index (κ1) is 15.8. The summed E-state index contributed by atoms with van der Waals surface area (Å²) in [7, 11) is 0. The van der Waals surface area contributed by atoms with Crippen LogP contribution in [0.5, 0.6) is 0 Å². The molecule has 2 aromatic rings. The highest BCUT2D eigenvalue weighted by Gasteiger charge is 2.23. The van der Waals surface area contributed by atoms with Gasteiger partial charge in [-0.3, -0.25) is 14.3 Å². The van der Waals surface area contributed by atoms with Crippen LogP contribution in [0.15, 0.2) is 48.8 Å². The molecular formula is C16H19N3O3. The number of carboxylic acids is 1. The first-order valence-corrected chi connectivity index (χ1v) is 7.11. The van der Waals surface area contributed by atoms with Crippen LogP contribution in [0.3, 0.4) is 0 Å². The van der Waals surface area contributed by atoms with Crippen LogP contribution in [0.2, 0.25) is 0 Å². The number of carbonyl (C=O) groups is 2. The summed E-state index contributed by atoms with van der Waals surface area (Å²) in [4.78, 5) is 23.2. The van der Waals surface area contributed by atoms with Gasteiger partial charge in [0.2, 0.25) is 5.91 Å². The van der Waals surface area contributed by atoms with Gasteiger partial charge in [0.25, 0.3) is 0 Å². The van der Waals surface area contributed by atoms with Gasteiger partial charge in [-0.05, 0) is 17.5 Å². The molecule has 1 heterocycles. The summed E-state index contributed by atoms with van der Waals surface area (Å²) in [6.07, 6.45) is 3.38. The second-order valence-corrected chi connectivity index (χ2v) is 5.25. The molecule has 2 N–H and O–H groups in total. The fraction of sp³-hybridized carbons (Fsp3) is 0.312. The molecule has 0 aliphatic carbocycles. The van der Waals surface area contributed by atoms with Gasteiger partial charge in [0.15, 0.2) is 6.04 Å². The average Bonchev–Trinajstić information content (AvgIpc) is 3.00. The minimum Gasteiger partial charge on any atom is -0.481 e. The maximum absolute atomic E-state index is 12.5. The van der Waals surface area contributed by atoms with E-state index in [0.717, 1.165) is 5.56 Å². The van der Waals surface area contributed by atoms with Crippen LogP contribution >= 0.6 is 0 Å². The maximum Gasteiger partial charge on any atom is 0.303 e. The lowest BCUT2D eigenvalue weighted by Gasteiger charge is -2.19. The predicted molar refractivity (Wildman–Crippen MR) is 81.2 cm³/mol. The third-order valence-electron chi connectivity index (χ3n) is 3.30. The van der Waals surface area contributed by atoms with E-state index in [0.29, 0.717) is 6.54 Å². The monoisotopic (exact) mass is 301 g/mol. The number of aliphatic carboxylic acids is 1. The van der Waals surface area contributed by atoms with E-state index in [2.05, 4.69) is 10.4 Å². The van der Waals surface area contributed by atoms with Crippen LogP contribution < -0.4 is 5.32 Å². The van der Waals surface area contributed by atoms with Crippen molar-refractivity contribution in [2.45, 2.75) is 19.4 Å². The molecule has 22 heavy (non-hydrogen) atoms. The summed E-state index contributed by atoms with van der Waals surface area (Å²) in [5, 5.41) is 15.7. The van der Waals surface area contributed by atoms with E-state index in [9.17, 15) is 9.59 Å². The van der Waals surface area contributed by atoms with Gasteiger partial charge in [-0.1, -0.05) is 37.3 Å². The molecule has 0 aliphatic heterocycles. The Morgan fingerprint density at radius 1 is 1.27 bits per heavy atom. The topological polar surface area (TPSA) is 84.2 Å². The quantitative estimate of drug-likeness (QED) is 0.815. The highest BCUT2D eigenvalue weighted by Crippen LogP contribution is 2.17. The van der Waals surface area contributed by atoms with Crippen LogP contribution in [-0.4, -0.2) is 33.3 Å². The zero-order chi connectivity index (χ0) is 15.9. The molecule has 0 bridgehead atoms. The summed E-state index contributed by atoms with van der Waals surface area (Å²) in [6, 6.07) is 10.6. The van der Waals surface area contributed by atoms with E-state index >= 15 is 0 Å². The van der Waals surface area contributed by atoms with E-state index in [1.807, 2.05) is 30.3 Å². The number of carboxylic acid groups (broad SMARTS) is 1. The maximum atomic E-state index is 12.5. The molecule has 0 fully saturated rings. The molecule has 2 atom stereocenters. The Morgan fingerprint density at radius 3 is 2.59 bits per heavy atom. The molecule has 0 aliphatic rings. The number of hydrogen-bond acceptors (Lipinski definition) is 3. The first-order chi connectivity index (χ1) is 10.6. The molecule has 1 aromatic carbocycles. The van der Waals surface area contributed by atoms with Crippen molar-refractivity contribution in [2.24, 2.45) is 5.92 Å². The van der Waals surface area contributed by atoms with Crippen molar-refractivity contribution in [1.29, 1.82) is 0 Å². The fourth-order valence-corrected chi connectivity index (χ4v) is 2.23. The summed E-state index contributed by atoms with van der Waals surface area (Å²) >= 11 is 0. The number of aromatic nitrogens is 2. The lowest BCUT2D eigenvalue weighted by molar-refractivity contribution is -0.138. The Bertz CT molecular complexity index is 611. The molecule has 1 amide bonds. The second-order valence-electron chi connectivity index (χ2n) is 5.25. The van der Waals surface area contributed by atoms with Gasteiger partial charge < -0.3 is 10.4 Å². The normalized spacial score (nSPS) is 13.3. The molecule has 116 valence electrons. The van der Waals surface area contributed by atoms with E-state index in [1.165, 1.54) is 0 Å². The lowest BCUT2D eigenvalue weighted by atomic mass is 10.1. The van der Waals surface area contributed by atoms with Gasteiger partial charge in [-0.15, -0.1) is 0 Å². The minimum atomic E-state index is -0.867. The molecule has 6 heteroatoms. The van der Waals surface area contributed by atoms with E-state index in [-0.39, 0.29) is 18.2 Å². The molecule has 0 radical (unpaired) electrons. The Hall–Kier alpha value is -2.63. The zero-order valence-electron chi connectivity index (χ0n) is 12.3. The van der Waals surface area contributed by atoms with E-state index in [4.69, 9.17) is 5.11 Å².